The van der Waals surface area contributed by atoms with Gasteiger partial charge in [0.2, 0.25) is 0 Å². The first-order valence-electron chi connectivity index (χ1n) is 7.53. The number of piperidine rings is 1. The Labute approximate surface area is 135 Å². The summed E-state index contributed by atoms with van der Waals surface area (Å²) in [5, 5.41) is 19.3. The summed E-state index contributed by atoms with van der Waals surface area (Å²) in [4.78, 5) is 13.3. The first-order valence-corrected chi connectivity index (χ1v) is 7.91. The molecule has 5 nitrogen and oxygen atoms in total. The first-order chi connectivity index (χ1) is 10.4. The third-order valence-electron chi connectivity index (χ3n) is 4.13. The number of aromatic hydroxyl groups is 1. The van der Waals surface area contributed by atoms with E-state index in [0.717, 1.165) is 12.0 Å². The number of ether oxygens (including phenoxy) is 1. The van der Waals surface area contributed by atoms with Gasteiger partial charge in [-0.3, -0.25) is 9.69 Å². The summed E-state index contributed by atoms with van der Waals surface area (Å²) in [6.45, 7) is 5.49. The molecule has 2 unspecified atom stereocenters. The van der Waals surface area contributed by atoms with Gasteiger partial charge in [0.25, 0.3) is 0 Å². The Kier molecular flexibility index (Phi) is 5.53. The molecule has 2 rings (SSSR count). The summed E-state index contributed by atoms with van der Waals surface area (Å²) in [6, 6.07) is 3.79. The highest BCUT2D eigenvalue weighted by atomic mass is 35.5. The smallest absolute Gasteiger partial charge is 0.307 e. The van der Waals surface area contributed by atoms with Crippen LogP contribution < -0.4 is 4.74 Å². The standard InChI is InChI=1S/C16H22ClNO4/c1-3-22-14-7-11(6-13(17)15(14)19)8-18-9-12(16(20)21)5-4-10(18)2/h6-7,10,12,19H,3-5,8-9H2,1-2H3,(H,20,21). The molecule has 1 saturated heterocycles. The van der Waals surface area contributed by atoms with Gasteiger partial charge in [-0.25, -0.2) is 0 Å². The van der Waals surface area contributed by atoms with Gasteiger partial charge in [-0.05, 0) is 44.4 Å². The number of carboxylic acid groups (broad SMARTS) is 1. The molecule has 6 heteroatoms. The Hall–Kier alpha value is -1.46. The van der Waals surface area contributed by atoms with Gasteiger partial charge in [0.05, 0.1) is 17.5 Å². The molecule has 2 N–H and O–H groups in total. The molecule has 0 radical (unpaired) electrons. The average Bonchev–Trinajstić information content (AvgIpc) is 2.46. The highest BCUT2D eigenvalue weighted by Gasteiger charge is 2.29. The molecule has 0 aromatic heterocycles. The van der Waals surface area contributed by atoms with Gasteiger partial charge < -0.3 is 14.9 Å². The van der Waals surface area contributed by atoms with Crippen molar-refractivity contribution in [2.45, 2.75) is 39.3 Å². The van der Waals surface area contributed by atoms with Crippen molar-refractivity contribution >= 4 is 17.6 Å². The van der Waals surface area contributed by atoms with Gasteiger partial charge in [0.1, 0.15) is 0 Å². The van der Waals surface area contributed by atoms with Crippen LogP contribution in [0.1, 0.15) is 32.3 Å². The van der Waals surface area contributed by atoms with Gasteiger partial charge in [-0.15, -0.1) is 0 Å². The van der Waals surface area contributed by atoms with E-state index in [0.29, 0.717) is 37.9 Å². The third-order valence-corrected chi connectivity index (χ3v) is 4.42. The van der Waals surface area contributed by atoms with Crippen molar-refractivity contribution in [3.05, 3.63) is 22.7 Å². The van der Waals surface area contributed by atoms with Crippen molar-refractivity contribution in [1.82, 2.24) is 4.90 Å². The predicted octanol–water partition coefficient (Wildman–Crippen LogP) is 3.13. The van der Waals surface area contributed by atoms with Crippen molar-refractivity contribution in [3.8, 4) is 11.5 Å². The van der Waals surface area contributed by atoms with Crippen LogP contribution in [0.2, 0.25) is 5.02 Å². The minimum Gasteiger partial charge on any atom is -0.503 e. The second kappa shape index (κ2) is 7.20. The number of phenolic OH excluding ortho intramolecular Hbond substituents is 1. The van der Waals surface area contributed by atoms with Gasteiger partial charge >= 0.3 is 5.97 Å². The Balaban J connectivity index is 2.16. The number of carbonyl (C=O) groups is 1. The van der Waals surface area contributed by atoms with E-state index in [1.165, 1.54) is 0 Å². The highest BCUT2D eigenvalue weighted by Crippen LogP contribution is 2.36. The summed E-state index contributed by atoms with van der Waals surface area (Å²) in [5.74, 6) is -0.752. The Morgan fingerprint density at radius 1 is 1.45 bits per heavy atom. The molecular formula is C16H22ClNO4. The molecule has 2 atom stereocenters. The number of aliphatic carboxylic acids is 1. The lowest BCUT2D eigenvalue weighted by Crippen LogP contribution is -2.43. The fourth-order valence-corrected chi connectivity index (χ4v) is 3.05. The number of benzene rings is 1. The lowest BCUT2D eigenvalue weighted by molar-refractivity contribution is -0.144. The van der Waals surface area contributed by atoms with Crippen LogP contribution in [0.3, 0.4) is 0 Å². The molecule has 0 aliphatic carbocycles. The fourth-order valence-electron chi connectivity index (χ4n) is 2.82. The van der Waals surface area contributed by atoms with Crippen LogP contribution in [0, 0.1) is 5.92 Å². The molecule has 1 aromatic rings. The van der Waals surface area contributed by atoms with Crippen LogP contribution in [0.25, 0.3) is 0 Å². The Morgan fingerprint density at radius 3 is 2.82 bits per heavy atom. The normalized spacial score (nSPS) is 22.5. The molecule has 1 heterocycles. The molecule has 1 aliphatic rings. The van der Waals surface area contributed by atoms with Crippen molar-refractivity contribution in [2.75, 3.05) is 13.2 Å². The maximum atomic E-state index is 11.2. The molecule has 0 saturated carbocycles. The molecular weight excluding hydrogens is 306 g/mol. The van der Waals surface area contributed by atoms with Crippen LogP contribution in [0.15, 0.2) is 12.1 Å². The van der Waals surface area contributed by atoms with Crippen molar-refractivity contribution < 1.29 is 19.7 Å². The summed E-state index contributed by atoms with van der Waals surface area (Å²) in [7, 11) is 0. The second-order valence-electron chi connectivity index (χ2n) is 5.75. The monoisotopic (exact) mass is 327 g/mol. The van der Waals surface area contributed by atoms with Gasteiger partial charge in [0, 0.05) is 19.1 Å². The second-order valence-corrected chi connectivity index (χ2v) is 6.16. The Morgan fingerprint density at radius 2 is 2.18 bits per heavy atom. The number of likely N-dealkylation sites (tertiary alicyclic amines) is 1. The lowest BCUT2D eigenvalue weighted by Gasteiger charge is -2.36. The lowest BCUT2D eigenvalue weighted by atomic mass is 9.93. The van der Waals surface area contributed by atoms with E-state index in [-0.39, 0.29) is 16.7 Å². The third kappa shape index (κ3) is 3.84. The molecule has 1 aromatic carbocycles. The van der Waals surface area contributed by atoms with E-state index in [4.69, 9.17) is 16.3 Å². The van der Waals surface area contributed by atoms with Crippen LogP contribution >= 0.6 is 11.6 Å². The summed E-state index contributed by atoms with van der Waals surface area (Å²) in [5.41, 5.74) is 0.907. The van der Waals surface area contributed by atoms with Gasteiger partial charge in [0.15, 0.2) is 11.5 Å². The molecule has 122 valence electrons. The molecule has 0 spiro atoms. The van der Waals surface area contributed by atoms with Crippen LogP contribution in [-0.4, -0.2) is 40.3 Å². The van der Waals surface area contributed by atoms with E-state index >= 15 is 0 Å². The molecule has 22 heavy (non-hydrogen) atoms. The molecule has 0 amide bonds. The van der Waals surface area contributed by atoms with Crippen LogP contribution in [0.5, 0.6) is 11.5 Å². The van der Waals surface area contributed by atoms with E-state index in [1.807, 2.05) is 6.92 Å². The highest BCUT2D eigenvalue weighted by molar-refractivity contribution is 6.32. The predicted molar refractivity (Wildman–Crippen MR) is 84.5 cm³/mol. The van der Waals surface area contributed by atoms with E-state index in [9.17, 15) is 15.0 Å². The van der Waals surface area contributed by atoms with Gasteiger partial charge in [-0.2, -0.15) is 0 Å². The van der Waals surface area contributed by atoms with Crippen molar-refractivity contribution in [2.24, 2.45) is 5.92 Å². The van der Waals surface area contributed by atoms with Gasteiger partial charge in [-0.1, -0.05) is 11.6 Å². The topological polar surface area (TPSA) is 70.0 Å². The fraction of sp³-hybridized carbons (Fsp3) is 0.562. The SMILES string of the molecule is CCOc1cc(CN2CC(C(=O)O)CCC2C)cc(Cl)c1O. The zero-order valence-corrected chi connectivity index (χ0v) is 13.6. The quantitative estimate of drug-likeness (QED) is 0.869. The van der Waals surface area contributed by atoms with Crippen LogP contribution in [-0.2, 0) is 11.3 Å². The minimum atomic E-state index is -0.740. The van der Waals surface area contributed by atoms with Crippen molar-refractivity contribution in [1.29, 1.82) is 0 Å². The zero-order chi connectivity index (χ0) is 16.3. The maximum absolute atomic E-state index is 11.2. The minimum absolute atomic E-state index is 0.0534. The summed E-state index contributed by atoms with van der Waals surface area (Å²) in [6.07, 6.45) is 1.58. The molecule has 1 aliphatic heterocycles. The average molecular weight is 328 g/mol. The number of hydrogen-bond acceptors (Lipinski definition) is 4. The van der Waals surface area contributed by atoms with Crippen LogP contribution in [0.4, 0.5) is 0 Å². The first kappa shape index (κ1) is 16.9. The van der Waals surface area contributed by atoms with E-state index in [2.05, 4.69) is 11.8 Å². The van der Waals surface area contributed by atoms with E-state index < -0.39 is 5.97 Å². The number of nitrogens with zero attached hydrogens (tertiary/aromatic N) is 1. The number of phenols is 1. The molecule has 0 bridgehead atoms. The summed E-state index contributed by atoms with van der Waals surface area (Å²) < 4.78 is 5.39. The Bertz CT molecular complexity index is 549. The number of carboxylic acids is 1. The number of rotatable bonds is 5. The zero-order valence-electron chi connectivity index (χ0n) is 12.9. The largest absolute Gasteiger partial charge is 0.503 e. The van der Waals surface area contributed by atoms with E-state index in [1.54, 1.807) is 12.1 Å². The number of halogens is 1. The summed E-state index contributed by atoms with van der Waals surface area (Å²) >= 11 is 6.05. The van der Waals surface area contributed by atoms with Crippen molar-refractivity contribution in [3.63, 3.8) is 0 Å². The number of hydrogen-bond donors (Lipinski definition) is 2. The maximum Gasteiger partial charge on any atom is 0.307 e. The molecule has 1 fully saturated rings.